The Morgan fingerprint density at radius 3 is 3.00 bits per heavy atom. The number of ether oxygens (including phenoxy) is 1. The first-order chi connectivity index (χ1) is 8.70. The first-order valence-corrected chi connectivity index (χ1v) is 6.99. The van der Waals surface area contributed by atoms with Gasteiger partial charge in [-0.15, -0.1) is 11.3 Å². The van der Waals surface area contributed by atoms with Crippen molar-refractivity contribution in [2.24, 2.45) is 0 Å². The van der Waals surface area contributed by atoms with Crippen molar-refractivity contribution < 1.29 is 4.74 Å². The second kappa shape index (κ2) is 6.18. The summed E-state index contributed by atoms with van der Waals surface area (Å²) in [5.41, 5.74) is 3.80. The van der Waals surface area contributed by atoms with E-state index in [9.17, 15) is 0 Å². The summed E-state index contributed by atoms with van der Waals surface area (Å²) in [6.45, 7) is 2.55. The van der Waals surface area contributed by atoms with Crippen LogP contribution < -0.4 is 10.1 Å². The fourth-order valence-electron chi connectivity index (χ4n) is 1.61. The van der Waals surface area contributed by atoms with Gasteiger partial charge in [0.15, 0.2) is 0 Å². The van der Waals surface area contributed by atoms with Gasteiger partial charge in [-0.25, -0.2) is 4.98 Å². The van der Waals surface area contributed by atoms with Gasteiger partial charge >= 0.3 is 0 Å². The van der Waals surface area contributed by atoms with Crippen LogP contribution in [-0.4, -0.2) is 12.0 Å². The minimum absolute atomic E-state index is 0.189. The SMILES string of the molecule is CNC(C)c1cc(Cl)ccc1OCc1cscn1. The second-order valence-electron chi connectivity index (χ2n) is 3.96. The minimum Gasteiger partial charge on any atom is -0.487 e. The molecule has 1 aromatic heterocycles. The Morgan fingerprint density at radius 2 is 2.33 bits per heavy atom. The molecule has 1 heterocycles. The van der Waals surface area contributed by atoms with Crippen LogP contribution in [0.3, 0.4) is 0 Å². The third-order valence-electron chi connectivity index (χ3n) is 2.73. The Morgan fingerprint density at radius 1 is 1.50 bits per heavy atom. The Hall–Kier alpha value is -1.10. The van der Waals surface area contributed by atoms with Gasteiger partial charge in [-0.2, -0.15) is 0 Å². The summed E-state index contributed by atoms with van der Waals surface area (Å²) in [7, 11) is 1.91. The highest BCUT2D eigenvalue weighted by Crippen LogP contribution is 2.28. The summed E-state index contributed by atoms with van der Waals surface area (Å²) in [6, 6.07) is 5.86. The molecule has 0 saturated carbocycles. The molecule has 0 amide bonds. The van der Waals surface area contributed by atoms with Gasteiger partial charge in [0, 0.05) is 22.0 Å². The summed E-state index contributed by atoms with van der Waals surface area (Å²) in [5, 5.41) is 5.89. The number of halogens is 1. The third-order valence-corrected chi connectivity index (χ3v) is 3.60. The van der Waals surface area contributed by atoms with Gasteiger partial charge < -0.3 is 10.1 Å². The molecule has 1 atom stereocenters. The quantitative estimate of drug-likeness (QED) is 0.909. The molecule has 0 spiro atoms. The van der Waals surface area contributed by atoms with E-state index < -0.39 is 0 Å². The Balaban J connectivity index is 2.16. The zero-order valence-electron chi connectivity index (χ0n) is 10.3. The Bertz CT molecular complexity index is 502. The van der Waals surface area contributed by atoms with Crippen molar-refractivity contribution in [2.75, 3.05) is 7.05 Å². The van der Waals surface area contributed by atoms with Gasteiger partial charge in [0.05, 0.1) is 11.2 Å². The van der Waals surface area contributed by atoms with E-state index in [1.807, 2.05) is 30.6 Å². The molecule has 0 aliphatic heterocycles. The summed E-state index contributed by atoms with van der Waals surface area (Å²) in [4.78, 5) is 4.20. The lowest BCUT2D eigenvalue weighted by molar-refractivity contribution is 0.296. The molecule has 1 unspecified atom stereocenters. The van der Waals surface area contributed by atoms with E-state index in [-0.39, 0.29) is 6.04 Å². The zero-order chi connectivity index (χ0) is 13.0. The number of nitrogens with zero attached hydrogens (tertiary/aromatic N) is 1. The van der Waals surface area contributed by atoms with Crippen LogP contribution in [0, 0.1) is 0 Å². The average Bonchev–Trinajstić information content (AvgIpc) is 2.89. The van der Waals surface area contributed by atoms with Crippen molar-refractivity contribution in [1.29, 1.82) is 0 Å². The first kappa shape index (κ1) is 13.3. The zero-order valence-corrected chi connectivity index (χ0v) is 11.9. The molecular formula is C13H15ClN2OS. The smallest absolute Gasteiger partial charge is 0.131 e. The van der Waals surface area contributed by atoms with Crippen LogP contribution >= 0.6 is 22.9 Å². The molecule has 0 fully saturated rings. The van der Waals surface area contributed by atoms with Crippen molar-refractivity contribution in [1.82, 2.24) is 10.3 Å². The molecule has 0 aliphatic carbocycles. The van der Waals surface area contributed by atoms with E-state index in [1.54, 1.807) is 16.8 Å². The highest BCUT2D eigenvalue weighted by molar-refractivity contribution is 7.07. The topological polar surface area (TPSA) is 34.1 Å². The molecule has 0 saturated heterocycles. The lowest BCUT2D eigenvalue weighted by Crippen LogP contribution is -2.13. The van der Waals surface area contributed by atoms with E-state index >= 15 is 0 Å². The molecule has 96 valence electrons. The molecule has 1 N–H and O–H groups in total. The summed E-state index contributed by atoms with van der Waals surface area (Å²) in [6.07, 6.45) is 0. The van der Waals surface area contributed by atoms with Crippen molar-refractivity contribution >= 4 is 22.9 Å². The number of hydrogen-bond donors (Lipinski definition) is 1. The molecule has 0 aliphatic rings. The maximum atomic E-state index is 6.02. The summed E-state index contributed by atoms with van der Waals surface area (Å²) < 4.78 is 5.81. The van der Waals surface area contributed by atoms with E-state index in [0.717, 1.165) is 17.0 Å². The van der Waals surface area contributed by atoms with Gasteiger partial charge in [-0.3, -0.25) is 0 Å². The number of rotatable bonds is 5. The van der Waals surface area contributed by atoms with Crippen LogP contribution in [0.1, 0.15) is 24.2 Å². The van der Waals surface area contributed by atoms with E-state index in [0.29, 0.717) is 11.6 Å². The van der Waals surface area contributed by atoms with E-state index in [2.05, 4.69) is 17.2 Å². The molecule has 0 bridgehead atoms. The predicted molar refractivity (Wildman–Crippen MR) is 75.4 cm³/mol. The molecule has 1 aromatic carbocycles. The number of thiazole rings is 1. The number of nitrogens with one attached hydrogen (secondary N) is 1. The maximum Gasteiger partial charge on any atom is 0.131 e. The predicted octanol–water partition coefficient (Wildman–Crippen LogP) is 3.66. The largest absolute Gasteiger partial charge is 0.487 e. The average molecular weight is 283 g/mol. The van der Waals surface area contributed by atoms with Crippen molar-refractivity contribution in [3.05, 3.63) is 45.4 Å². The molecule has 5 heteroatoms. The Labute approximate surface area is 116 Å². The molecule has 0 radical (unpaired) electrons. The van der Waals surface area contributed by atoms with Crippen LogP contribution in [0.5, 0.6) is 5.75 Å². The monoisotopic (exact) mass is 282 g/mol. The standard InChI is InChI=1S/C13H15ClN2OS/c1-9(15-2)12-5-10(14)3-4-13(12)17-6-11-7-18-8-16-11/h3-5,7-9,15H,6H2,1-2H3. The van der Waals surface area contributed by atoms with Gasteiger partial charge in [0.2, 0.25) is 0 Å². The molecule has 18 heavy (non-hydrogen) atoms. The molecule has 2 rings (SSSR count). The molecule has 2 aromatic rings. The highest BCUT2D eigenvalue weighted by atomic mass is 35.5. The first-order valence-electron chi connectivity index (χ1n) is 5.67. The Kier molecular flexibility index (Phi) is 4.58. The van der Waals surface area contributed by atoms with E-state index in [4.69, 9.17) is 16.3 Å². The van der Waals surface area contributed by atoms with Crippen LogP contribution in [0.15, 0.2) is 29.1 Å². The third kappa shape index (κ3) is 3.22. The van der Waals surface area contributed by atoms with Crippen molar-refractivity contribution in [3.8, 4) is 5.75 Å². The molecule has 3 nitrogen and oxygen atoms in total. The fourth-order valence-corrected chi connectivity index (χ4v) is 2.33. The molecular weight excluding hydrogens is 268 g/mol. The fraction of sp³-hybridized carbons (Fsp3) is 0.308. The lowest BCUT2D eigenvalue weighted by Gasteiger charge is -2.16. The van der Waals surface area contributed by atoms with Gasteiger partial charge in [-0.05, 0) is 32.2 Å². The number of hydrogen-bond acceptors (Lipinski definition) is 4. The number of aromatic nitrogens is 1. The lowest BCUT2D eigenvalue weighted by atomic mass is 10.1. The normalized spacial score (nSPS) is 12.4. The maximum absolute atomic E-state index is 6.02. The van der Waals surface area contributed by atoms with Gasteiger partial charge in [0.25, 0.3) is 0 Å². The van der Waals surface area contributed by atoms with E-state index in [1.165, 1.54) is 0 Å². The minimum atomic E-state index is 0.189. The summed E-state index contributed by atoms with van der Waals surface area (Å²) >= 11 is 7.59. The van der Waals surface area contributed by atoms with Gasteiger partial charge in [0.1, 0.15) is 12.4 Å². The van der Waals surface area contributed by atoms with Crippen LogP contribution in [0.25, 0.3) is 0 Å². The highest BCUT2D eigenvalue weighted by Gasteiger charge is 2.11. The van der Waals surface area contributed by atoms with Crippen molar-refractivity contribution in [3.63, 3.8) is 0 Å². The van der Waals surface area contributed by atoms with Crippen LogP contribution in [0.4, 0.5) is 0 Å². The van der Waals surface area contributed by atoms with Gasteiger partial charge in [-0.1, -0.05) is 11.6 Å². The number of benzene rings is 1. The summed E-state index contributed by atoms with van der Waals surface area (Å²) in [5.74, 6) is 0.842. The van der Waals surface area contributed by atoms with Crippen LogP contribution in [0.2, 0.25) is 5.02 Å². The van der Waals surface area contributed by atoms with Crippen molar-refractivity contribution in [2.45, 2.75) is 19.6 Å². The second-order valence-corrected chi connectivity index (χ2v) is 5.12. The van der Waals surface area contributed by atoms with Crippen LogP contribution in [-0.2, 0) is 6.61 Å².